The van der Waals surface area contributed by atoms with Crippen LogP contribution in [-0.2, 0) is 4.79 Å². The summed E-state index contributed by atoms with van der Waals surface area (Å²) in [5.74, 6) is -0.392. The maximum absolute atomic E-state index is 12.2. The Morgan fingerprint density at radius 1 is 1.26 bits per heavy atom. The number of rotatable bonds is 7. The summed E-state index contributed by atoms with van der Waals surface area (Å²) in [7, 11) is 3.00. The average Bonchev–Trinajstić information content (AvgIpc) is 3.07. The standard InChI is InChI=1S/C16H18N2O5/c1-22-10-5-6-11(14(8-10)23-2)13(9-15(19)20)18-16(21)12-4-3-7-17-12/h3-8,13,17H,9H2,1-2H3,(H,18,21)(H,19,20). The van der Waals surface area contributed by atoms with Crippen molar-refractivity contribution in [3.8, 4) is 11.5 Å². The van der Waals surface area contributed by atoms with Gasteiger partial charge in [-0.25, -0.2) is 0 Å². The summed E-state index contributed by atoms with van der Waals surface area (Å²) in [5, 5.41) is 11.8. The first-order valence-corrected chi connectivity index (χ1v) is 6.93. The van der Waals surface area contributed by atoms with E-state index in [9.17, 15) is 9.59 Å². The number of carboxylic acids is 1. The molecule has 3 N–H and O–H groups in total. The molecule has 0 aliphatic rings. The molecular weight excluding hydrogens is 300 g/mol. The van der Waals surface area contributed by atoms with E-state index >= 15 is 0 Å². The average molecular weight is 318 g/mol. The summed E-state index contributed by atoms with van der Waals surface area (Å²) < 4.78 is 10.4. The zero-order chi connectivity index (χ0) is 16.8. The van der Waals surface area contributed by atoms with E-state index in [1.807, 2.05) is 0 Å². The van der Waals surface area contributed by atoms with Gasteiger partial charge in [-0.1, -0.05) is 0 Å². The molecule has 0 saturated heterocycles. The van der Waals surface area contributed by atoms with Crippen molar-refractivity contribution in [2.24, 2.45) is 0 Å². The Morgan fingerprint density at radius 2 is 2.04 bits per heavy atom. The van der Waals surface area contributed by atoms with Gasteiger partial charge in [0.05, 0.1) is 26.7 Å². The highest BCUT2D eigenvalue weighted by Gasteiger charge is 2.22. The van der Waals surface area contributed by atoms with Gasteiger partial charge in [-0.05, 0) is 24.3 Å². The lowest BCUT2D eigenvalue weighted by Crippen LogP contribution is -2.30. The van der Waals surface area contributed by atoms with Gasteiger partial charge < -0.3 is 24.9 Å². The molecule has 7 nitrogen and oxygen atoms in total. The number of hydrogen-bond acceptors (Lipinski definition) is 4. The Labute approximate surface area is 133 Å². The van der Waals surface area contributed by atoms with Gasteiger partial charge in [0.2, 0.25) is 0 Å². The van der Waals surface area contributed by atoms with Crippen molar-refractivity contribution in [3.63, 3.8) is 0 Å². The summed E-state index contributed by atoms with van der Waals surface area (Å²) in [6, 6.07) is 7.58. The Kier molecular flexibility index (Phi) is 5.24. The Morgan fingerprint density at radius 3 is 2.61 bits per heavy atom. The predicted octanol–water partition coefficient (Wildman–Crippen LogP) is 1.98. The van der Waals surface area contributed by atoms with Crippen molar-refractivity contribution in [3.05, 3.63) is 47.8 Å². The summed E-state index contributed by atoms with van der Waals surface area (Å²) in [6.07, 6.45) is 1.35. The van der Waals surface area contributed by atoms with E-state index in [0.717, 1.165) is 0 Å². The molecule has 2 aromatic rings. The van der Waals surface area contributed by atoms with Crippen LogP contribution in [0.4, 0.5) is 0 Å². The Balaban J connectivity index is 2.31. The molecule has 1 aromatic carbocycles. The molecule has 2 rings (SSSR count). The monoisotopic (exact) mass is 318 g/mol. The number of hydrogen-bond donors (Lipinski definition) is 3. The largest absolute Gasteiger partial charge is 0.497 e. The number of H-pyrrole nitrogens is 1. The highest BCUT2D eigenvalue weighted by Crippen LogP contribution is 2.31. The second-order valence-electron chi connectivity index (χ2n) is 4.82. The van der Waals surface area contributed by atoms with Crippen LogP contribution in [0.2, 0.25) is 0 Å². The number of methoxy groups -OCH3 is 2. The second kappa shape index (κ2) is 7.35. The molecule has 1 amide bonds. The van der Waals surface area contributed by atoms with Gasteiger partial charge in [0.1, 0.15) is 17.2 Å². The van der Waals surface area contributed by atoms with Gasteiger partial charge >= 0.3 is 5.97 Å². The zero-order valence-corrected chi connectivity index (χ0v) is 12.8. The number of aromatic amines is 1. The van der Waals surface area contributed by atoms with E-state index in [2.05, 4.69) is 10.3 Å². The third kappa shape index (κ3) is 4.03. The number of benzene rings is 1. The molecule has 0 saturated carbocycles. The van der Waals surface area contributed by atoms with Crippen molar-refractivity contribution in [1.29, 1.82) is 0 Å². The topological polar surface area (TPSA) is 101 Å². The first-order valence-electron chi connectivity index (χ1n) is 6.93. The summed E-state index contributed by atoms with van der Waals surface area (Å²) in [4.78, 5) is 26.1. The maximum Gasteiger partial charge on any atom is 0.305 e. The summed E-state index contributed by atoms with van der Waals surface area (Å²) >= 11 is 0. The van der Waals surface area contributed by atoms with E-state index in [4.69, 9.17) is 14.6 Å². The van der Waals surface area contributed by atoms with Gasteiger partial charge in [0, 0.05) is 17.8 Å². The highest BCUT2D eigenvalue weighted by molar-refractivity contribution is 5.93. The molecule has 0 aliphatic carbocycles. The molecular formula is C16H18N2O5. The van der Waals surface area contributed by atoms with Crippen LogP contribution in [0.5, 0.6) is 11.5 Å². The first kappa shape index (κ1) is 16.4. The van der Waals surface area contributed by atoms with Crippen LogP contribution < -0.4 is 14.8 Å². The minimum absolute atomic E-state index is 0.269. The molecule has 0 radical (unpaired) electrons. The van der Waals surface area contributed by atoms with E-state index in [0.29, 0.717) is 22.8 Å². The van der Waals surface area contributed by atoms with Crippen molar-refractivity contribution in [2.75, 3.05) is 14.2 Å². The lowest BCUT2D eigenvalue weighted by Gasteiger charge is -2.20. The number of aliphatic carboxylic acids is 1. The Hall–Kier alpha value is -2.96. The molecule has 1 aromatic heterocycles. The van der Waals surface area contributed by atoms with Crippen molar-refractivity contribution in [2.45, 2.75) is 12.5 Å². The van der Waals surface area contributed by atoms with Gasteiger partial charge in [0.25, 0.3) is 5.91 Å². The fourth-order valence-corrected chi connectivity index (χ4v) is 2.23. The van der Waals surface area contributed by atoms with Crippen LogP contribution in [0, 0.1) is 0 Å². The van der Waals surface area contributed by atoms with Crippen LogP contribution in [0.3, 0.4) is 0 Å². The lowest BCUT2D eigenvalue weighted by atomic mass is 10.0. The molecule has 7 heteroatoms. The molecule has 1 unspecified atom stereocenters. The molecule has 0 aliphatic heterocycles. The molecule has 23 heavy (non-hydrogen) atoms. The van der Waals surface area contributed by atoms with Gasteiger partial charge in [-0.2, -0.15) is 0 Å². The van der Waals surface area contributed by atoms with Crippen LogP contribution >= 0.6 is 0 Å². The fourth-order valence-electron chi connectivity index (χ4n) is 2.23. The molecule has 0 bridgehead atoms. The first-order chi connectivity index (χ1) is 11.0. The number of carbonyl (C=O) groups excluding carboxylic acids is 1. The van der Waals surface area contributed by atoms with E-state index in [-0.39, 0.29) is 12.3 Å². The van der Waals surface area contributed by atoms with E-state index in [1.165, 1.54) is 14.2 Å². The predicted molar refractivity (Wildman–Crippen MR) is 82.8 cm³/mol. The van der Waals surface area contributed by atoms with Crippen LogP contribution in [-0.4, -0.2) is 36.2 Å². The number of nitrogens with one attached hydrogen (secondary N) is 2. The SMILES string of the molecule is COc1ccc(C(CC(=O)O)NC(=O)c2ccc[nH]2)c(OC)c1. The smallest absolute Gasteiger partial charge is 0.305 e. The second-order valence-corrected chi connectivity index (χ2v) is 4.82. The number of amides is 1. The van der Waals surface area contributed by atoms with Gasteiger partial charge in [0.15, 0.2) is 0 Å². The normalized spacial score (nSPS) is 11.6. The summed E-state index contributed by atoms with van der Waals surface area (Å²) in [5.41, 5.74) is 0.920. The molecule has 1 heterocycles. The lowest BCUT2D eigenvalue weighted by molar-refractivity contribution is -0.137. The highest BCUT2D eigenvalue weighted by atomic mass is 16.5. The van der Waals surface area contributed by atoms with E-state index < -0.39 is 12.0 Å². The van der Waals surface area contributed by atoms with Crippen LogP contribution in [0.25, 0.3) is 0 Å². The van der Waals surface area contributed by atoms with Crippen molar-refractivity contribution in [1.82, 2.24) is 10.3 Å². The molecule has 1 atom stereocenters. The molecule has 122 valence electrons. The number of carboxylic acid groups (broad SMARTS) is 1. The quantitative estimate of drug-likeness (QED) is 0.724. The molecule has 0 spiro atoms. The Bertz CT molecular complexity index is 682. The van der Waals surface area contributed by atoms with E-state index in [1.54, 1.807) is 36.5 Å². The maximum atomic E-state index is 12.2. The van der Waals surface area contributed by atoms with Crippen molar-refractivity contribution >= 4 is 11.9 Å². The van der Waals surface area contributed by atoms with Gasteiger partial charge in [-0.3, -0.25) is 9.59 Å². The van der Waals surface area contributed by atoms with Gasteiger partial charge in [-0.15, -0.1) is 0 Å². The number of ether oxygens (including phenoxy) is 2. The van der Waals surface area contributed by atoms with Crippen LogP contribution in [0.1, 0.15) is 28.5 Å². The third-order valence-electron chi connectivity index (χ3n) is 3.34. The minimum atomic E-state index is -1.03. The van der Waals surface area contributed by atoms with Crippen molar-refractivity contribution < 1.29 is 24.2 Å². The van der Waals surface area contributed by atoms with Crippen LogP contribution in [0.15, 0.2) is 36.5 Å². The zero-order valence-electron chi connectivity index (χ0n) is 12.8. The number of carbonyl (C=O) groups is 2. The fraction of sp³-hybridized carbons (Fsp3) is 0.250. The third-order valence-corrected chi connectivity index (χ3v) is 3.34. The minimum Gasteiger partial charge on any atom is -0.497 e. The number of aromatic nitrogens is 1. The summed E-state index contributed by atoms with van der Waals surface area (Å²) in [6.45, 7) is 0. The molecule has 0 fully saturated rings.